The first-order chi connectivity index (χ1) is 14.2. The molecule has 30 heavy (non-hydrogen) atoms. The van der Waals surface area contributed by atoms with Crippen LogP contribution in [0.4, 0.5) is 5.69 Å². The summed E-state index contributed by atoms with van der Waals surface area (Å²) < 4.78 is 31.9. The number of ether oxygens (including phenoxy) is 1. The van der Waals surface area contributed by atoms with E-state index in [4.69, 9.17) is 0 Å². The maximum absolute atomic E-state index is 13.1. The number of hydrogen-bond acceptors (Lipinski definition) is 5. The number of amides is 1. The van der Waals surface area contributed by atoms with Gasteiger partial charge in [0.25, 0.3) is 15.9 Å². The number of esters is 1. The Hall–Kier alpha value is -2.87. The minimum absolute atomic E-state index is 0.0252. The van der Waals surface area contributed by atoms with Crippen LogP contribution in [0.3, 0.4) is 0 Å². The van der Waals surface area contributed by atoms with Crippen molar-refractivity contribution in [2.45, 2.75) is 25.2 Å². The molecule has 2 aromatic carbocycles. The van der Waals surface area contributed by atoms with Crippen LogP contribution in [0.15, 0.2) is 59.5 Å². The van der Waals surface area contributed by atoms with Crippen molar-refractivity contribution in [3.63, 3.8) is 0 Å². The molecule has 0 spiro atoms. The van der Waals surface area contributed by atoms with E-state index in [0.29, 0.717) is 12.2 Å². The second-order valence-electron chi connectivity index (χ2n) is 7.31. The normalized spacial score (nSPS) is 11.2. The standard InChI is InChI=1S/C22H28N2O5S/c1-17(2)16-24(14-13-21(25)29-4)22(26)18-9-8-12-20(15-18)30(27,28)23(3)19-10-6-5-7-11-19/h5-12,15,17H,13-14,16H2,1-4H3. The molecule has 0 unspecified atom stereocenters. The largest absolute Gasteiger partial charge is 0.469 e. The highest BCUT2D eigenvalue weighted by atomic mass is 32.2. The first-order valence-corrected chi connectivity index (χ1v) is 11.1. The number of carbonyl (C=O) groups excluding carboxylic acids is 2. The highest BCUT2D eigenvalue weighted by Crippen LogP contribution is 2.23. The van der Waals surface area contributed by atoms with Gasteiger partial charge in [0.05, 0.1) is 24.1 Å². The Morgan fingerprint density at radius 3 is 2.30 bits per heavy atom. The van der Waals surface area contributed by atoms with E-state index in [2.05, 4.69) is 4.74 Å². The van der Waals surface area contributed by atoms with Gasteiger partial charge in [0.15, 0.2) is 0 Å². The van der Waals surface area contributed by atoms with Gasteiger partial charge in [0.1, 0.15) is 0 Å². The highest BCUT2D eigenvalue weighted by Gasteiger charge is 2.24. The lowest BCUT2D eigenvalue weighted by atomic mass is 10.1. The van der Waals surface area contributed by atoms with Gasteiger partial charge in [0.2, 0.25) is 0 Å². The summed E-state index contributed by atoms with van der Waals surface area (Å²) in [7, 11) is -1.07. The van der Waals surface area contributed by atoms with Gasteiger partial charge >= 0.3 is 5.97 Å². The van der Waals surface area contributed by atoms with Gasteiger partial charge in [0, 0.05) is 25.7 Å². The molecule has 2 rings (SSSR count). The quantitative estimate of drug-likeness (QED) is 0.568. The van der Waals surface area contributed by atoms with Crippen LogP contribution in [0.1, 0.15) is 30.6 Å². The third-order valence-electron chi connectivity index (χ3n) is 4.55. The highest BCUT2D eigenvalue weighted by molar-refractivity contribution is 7.92. The molecule has 2 aromatic rings. The SMILES string of the molecule is COC(=O)CCN(CC(C)C)C(=O)c1cccc(S(=O)(=O)N(C)c2ccccc2)c1. The Kier molecular flexibility index (Phi) is 8.00. The second-order valence-corrected chi connectivity index (χ2v) is 9.28. The number of nitrogens with zero attached hydrogens (tertiary/aromatic N) is 2. The number of carbonyl (C=O) groups is 2. The first kappa shape index (κ1) is 23.4. The fraction of sp³-hybridized carbons (Fsp3) is 0.364. The van der Waals surface area contributed by atoms with E-state index in [1.165, 1.54) is 30.6 Å². The van der Waals surface area contributed by atoms with E-state index in [1.807, 2.05) is 13.8 Å². The van der Waals surface area contributed by atoms with Crippen molar-refractivity contribution in [1.82, 2.24) is 4.90 Å². The molecule has 0 radical (unpaired) electrons. The van der Waals surface area contributed by atoms with Crippen molar-refractivity contribution in [3.8, 4) is 0 Å². The minimum atomic E-state index is -3.84. The predicted octanol–water partition coefficient (Wildman–Crippen LogP) is 3.17. The maximum atomic E-state index is 13.1. The van der Waals surface area contributed by atoms with Crippen LogP contribution in [0.2, 0.25) is 0 Å². The summed E-state index contributed by atoms with van der Waals surface area (Å²) in [6.07, 6.45) is 0.0731. The van der Waals surface area contributed by atoms with Crippen LogP contribution >= 0.6 is 0 Å². The number of methoxy groups -OCH3 is 1. The molecule has 0 aliphatic rings. The van der Waals surface area contributed by atoms with Gasteiger partial charge in [-0.1, -0.05) is 38.1 Å². The summed E-state index contributed by atoms with van der Waals surface area (Å²) >= 11 is 0. The summed E-state index contributed by atoms with van der Waals surface area (Å²) in [5.41, 5.74) is 0.775. The van der Waals surface area contributed by atoms with Crippen molar-refractivity contribution < 1.29 is 22.7 Å². The molecule has 0 bridgehead atoms. The average molecular weight is 433 g/mol. The monoisotopic (exact) mass is 432 g/mol. The minimum Gasteiger partial charge on any atom is -0.469 e. The van der Waals surface area contributed by atoms with Gasteiger partial charge in [-0.05, 0) is 36.2 Å². The predicted molar refractivity (Wildman–Crippen MR) is 116 cm³/mol. The average Bonchev–Trinajstić information content (AvgIpc) is 2.75. The lowest BCUT2D eigenvalue weighted by molar-refractivity contribution is -0.140. The molecule has 0 fully saturated rings. The molecule has 1 amide bonds. The van der Waals surface area contributed by atoms with E-state index >= 15 is 0 Å². The number of anilines is 1. The molecule has 0 aromatic heterocycles. The number of benzene rings is 2. The zero-order chi connectivity index (χ0) is 22.3. The Balaban J connectivity index is 2.31. The smallest absolute Gasteiger partial charge is 0.307 e. The Morgan fingerprint density at radius 1 is 1.03 bits per heavy atom. The van der Waals surface area contributed by atoms with Crippen LogP contribution in [-0.2, 0) is 19.6 Å². The van der Waals surface area contributed by atoms with E-state index in [1.54, 1.807) is 47.4 Å². The summed E-state index contributed by atoms with van der Waals surface area (Å²) in [5, 5.41) is 0. The molecule has 0 heterocycles. The molecule has 8 heteroatoms. The molecular weight excluding hydrogens is 404 g/mol. The van der Waals surface area contributed by atoms with Crippen molar-refractivity contribution >= 4 is 27.6 Å². The zero-order valence-electron chi connectivity index (χ0n) is 17.7. The Labute approximate surface area is 178 Å². The van der Waals surface area contributed by atoms with Crippen LogP contribution in [0.5, 0.6) is 0 Å². The Morgan fingerprint density at radius 2 is 1.70 bits per heavy atom. The van der Waals surface area contributed by atoms with E-state index in [-0.39, 0.29) is 35.2 Å². The van der Waals surface area contributed by atoms with Crippen LogP contribution in [0, 0.1) is 5.92 Å². The molecule has 0 atom stereocenters. The fourth-order valence-corrected chi connectivity index (χ4v) is 4.19. The third kappa shape index (κ3) is 5.82. The zero-order valence-corrected chi connectivity index (χ0v) is 18.6. The third-order valence-corrected chi connectivity index (χ3v) is 6.33. The van der Waals surface area contributed by atoms with Gasteiger partial charge < -0.3 is 9.64 Å². The molecule has 0 aliphatic heterocycles. The molecule has 0 aliphatic carbocycles. The Bertz CT molecular complexity index is 974. The number of rotatable bonds is 9. The van der Waals surface area contributed by atoms with Gasteiger partial charge in [-0.3, -0.25) is 13.9 Å². The lowest BCUT2D eigenvalue weighted by Gasteiger charge is -2.25. The van der Waals surface area contributed by atoms with Gasteiger partial charge in [-0.25, -0.2) is 8.42 Å². The van der Waals surface area contributed by atoms with Gasteiger partial charge in [-0.15, -0.1) is 0 Å². The molecule has 162 valence electrons. The maximum Gasteiger partial charge on any atom is 0.307 e. The number of para-hydroxylation sites is 1. The molecule has 7 nitrogen and oxygen atoms in total. The van der Waals surface area contributed by atoms with Crippen molar-refractivity contribution in [2.75, 3.05) is 31.6 Å². The first-order valence-electron chi connectivity index (χ1n) is 9.67. The fourth-order valence-electron chi connectivity index (χ4n) is 2.95. The molecule has 0 saturated carbocycles. The van der Waals surface area contributed by atoms with Crippen molar-refractivity contribution in [3.05, 3.63) is 60.2 Å². The van der Waals surface area contributed by atoms with Crippen LogP contribution < -0.4 is 4.31 Å². The summed E-state index contributed by atoms with van der Waals surface area (Å²) in [6, 6.07) is 14.7. The topological polar surface area (TPSA) is 84.0 Å². The van der Waals surface area contributed by atoms with E-state index < -0.39 is 16.0 Å². The van der Waals surface area contributed by atoms with Gasteiger partial charge in [-0.2, -0.15) is 0 Å². The van der Waals surface area contributed by atoms with E-state index in [0.717, 1.165) is 0 Å². The van der Waals surface area contributed by atoms with Crippen molar-refractivity contribution in [2.24, 2.45) is 5.92 Å². The lowest BCUT2D eigenvalue weighted by Crippen LogP contribution is -2.36. The van der Waals surface area contributed by atoms with Crippen LogP contribution in [-0.4, -0.2) is 52.4 Å². The number of hydrogen-bond donors (Lipinski definition) is 0. The molecule has 0 N–H and O–H groups in total. The summed E-state index contributed by atoms with van der Waals surface area (Å²) in [6.45, 7) is 4.57. The molecule has 0 saturated heterocycles. The van der Waals surface area contributed by atoms with Crippen LogP contribution in [0.25, 0.3) is 0 Å². The molecular formula is C22H28N2O5S. The summed E-state index contributed by atoms with van der Waals surface area (Å²) in [5.74, 6) is -0.549. The van der Waals surface area contributed by atoms with Crippen molar-refractivity contribution in [1.29, 1.82) is 0 Å². The number of sulfonamides is 1. The second kappa shape index (κ2) is 10.2. The van der Waals surface area contributed by atoms with E-state index in [9.17, 15) is 18.0 Å². The summed E-state index contributed by atoms with van der Waals surface area (Å²) in [4.78, 5) is 26.2.